The zero-order valence-corrected chi connectivity index (χ0v) is 14.3. The second-order valence-electron chi connectivity index (χ2n) is 5.38. The molecular formula is C19H22O5. The smallest absolute Gasteiger partial charge is 0.333 e. The molecule has 0 saturated carbocycles. The van der Waals surface area contributed by atoms with Crippen LogP contribution >= 0.6 is 0 Å². The molecule has 0 bridgehead atoms. The first kappa shape index (κ1) is 17.8. The molecule has 0 unspecified atom stereocenters. The van der Waals surface area contributed by atoms with Crippen LogP contribution in [0.1, 0.15) is 12.5 Å². The molecule has 5 heteroatoms. The average Bonchev–Trinajstić information content (AvgIpc) is 2.58. The van der Waals surface area contributed by atoms with Crippen molar-refractivity contribution in [2.24, 2.45) is 0 Å². The first-order valence-electron chi connectivity index (χ1n) is 7.64. The van der Waals surface area contributed by atoms with E-state index in [4.69, 9.17) is 18.9 Å². The van der Waals surface area contributed by atoms with Crippen LogP contribution in [0.3, 0.4) is 0 Å². The lowest BCUT2D eigenvalue weighted by Gasteiger charge is -2.16. The number of benzene rings is 2. The zero-order valence-electron chi connectivity index (χ0n) is 14.3. The maximum Gasteiger partial charge on any atom is 0.333 e. The summed E-state index contributed by atoms with van der Waals surface area (Å²) >= 11 is 0. The number of rotatable bonds is 8. The van der Waals surface area contributed by atoms with Gasteiger partial charge in [0.05, 0.1) is 0 Å². The van der Waals surface area contributed by atoms with Crippen molar-refractivity contribution in [3.05, 3.63) is 48.0 Å². The highest BCUT2D eigenvalue weighted by Crippen LogP contribution is 2.36. The standard InChI is InChI=1S/C19H22O5/c1-13(2)19(20)23-10-9-22-18-14(3)11-17(24-12-21-4)15-7-5-6-8-16(15)18/h5-8,11H,1,9-10,12H2,2-4H3. The van der Waals surface area contributed by atoms with Crippen molar-refractivity contribution in [3.63, 3.8) is 0 Å². The van der Waals surface area contributed by atoms with Crippen molar-refractivity contribution >= 4 is 16.7 Å². The first-order valence-corrected chi connectivity index (χ1v) is 7.64. The topological polar surface area (TPSA) is 54.0 Å². The van der Waals surface area contributed by atoms with E-state index in [0.717, 1.165) is 27.8 Å². The van der Waals surface area contributed by atoms with Crippen LogP contribution in [-0.4, -0.2) is 33.1 Å². The van der Waals surface area contributed by atoms with E-state index >= 15 is 0 Å². The van der Waals surface area contributed by atoms with Crippen molar-refractivity contribution in [2.45, 2.75) is 13.8 Å². The van der Waals surface area contributed by atoms with E-state index in [-0.39, 0.29) is 20.0 Å². The zero-order chi connectivity index (χ0) is 17.5. The molecule has 0 aromatic heterocycles. The fraction of sp³-hybridized carbons (Fsp3) is 0.316. The van der Waals surface area contributed by atoms with Gasteiger partial charge in [-0.1, -0.05) is 30.8 Å². The molecule has 24 heavy (non-hydrogen) atoms. The Bertz CT molecular complexity index is 736. The van der Waals surface area contributed by atoms with Crippen LogP contribution < -0.4 is 9.47 Å². The molecule has 0 amide bonds. The normalized spacial score (nSPS) is 10.5. The number of fused-ring (bicyclic) bond motifs is 1. The molecule has 0 N–H and O–H groups in total. The van der Waals surface area contributed by atoms with E-state index in [1.807, 2.05) is 37.3 Å². The molecule has 0 saturated heterocycles. The number of carbonyl (C=O) groups is 1. The quantitative estimate of drug-likeness (QED) is 0.320. The van der Waals surface area contributed by atoms with E-state index in [9.17, 15) is 4.79 Å². The van der Waals surface area contributed by atoms with Gasteiger partial charge in [0.1, 0.15) is 24.7 Å². The number of esters is 1. The van der Waals surface area contributed by atoms with Crippen LogP contribution in [0.15, 0.2) is 42.5 Å². The third-order valence-corrected chi connectivity index (χ3v) is 3.39. The molecule has 0 aliphatic rings. The summed E-state index contributed by atoms with van der Waals surface area (Å²) in [5.74, 6) is 1.08. The molecule has 0 aliphatic carbocycles. The summed E-state index contributed by atoms with van der Waals surface area (Å²) in [7, 11) is 1.58. The fourth-order valence-electron chi connectivity index (χ4n) is 2.28. The fourth-order valence-corrected chi connectivity index (χ4v) is 2.28. The van der Waals surface area contributed by atoms with Gasteiger partial charge >= 0.3 is 5.97 Å². The summed E-state index contributed by atoms with van der Waals surface area (Å²) < 4.78 is 21.5. The second kappa shape index (κ2) is 8.36. The Balaban J connectivity index is 2.17. The molecule has 0 spiro atoms. The highest BCUT2D eigenvalue weighted by molar-refractivity contribution is 5.94. The third-order valence-electron chi connectivity index (χ3n) is 3.39. The number of hydrogen-bond donors (Lipinski definition) is 0. The van der Waals surface area contributed by atoms with Gasteiger partial charge in [-0.15, -0.1) is 0 Å². The maximum atomic E-state index is 11.4. The van der Waals surface area contributed by atoms with Crippen LogP contribution in [0, 0.1) is 6.92 Å². The summed E-state index contributed by atoms with van der Waals surface area (Å²) in [6.45, 7) is 7.71. The van der Waals surface area contributed by atoms with Crippen LogP contribution in [0.2, 0.25) is 0 Å². The molecule has 2 aromatic rings. The Kier molecular flexibility index (Phi) is 6.21. The monoisotopic (exact) mass is 330 g/mol. The van der Waals surface area contributed by atoms with Crippen LogP contribution in [0.25, 0.3) is 10.8 Å². The van der Waals surface area contributed by atoms with Gasteiger partial charge in [0.25, 0.3) is 0 Å². The van der Waals surface area contributed by atoms with Gasteiger partial charge in [-0.3, -0.25) is 0 Å². The maximum absolute atomic E-state index is 11.4. The Morgan fingerprint density at radius 2 is 1.83 bits per heavy atom. The summed E-state index contributed by atoms with van der Waals surface area (Å²) in [6.07, 6.45) is 0. The van der Waals surface area contributed by atoms with E-state index in [0.29, 0.717) is 5.57 Å². The van der Waals surface area contributed by atoms with Crippen molar-refractivity contribution < 1.29 is 23.7 Å². The van der Waals surface area contributed by atoms with Crippen LogP contribution in [-0.2, 0) is 14.3 Å². The predicted octanol–water partition coefficient (Wildman–Crippen LogP) is 3.63. The summed E-state index contributed by atoms with van der Waals surface area (Å²) in [5.41, 5.74) is 1.31. The summed E-state index contributed by atoms with van der Waals surface area (Å²) in [5, 5.41) is 1.88. The Hall–Kier alpha value is -2.53. The van der Waals surface area contributed by atoms with E-state index in [1.54, 1.807) is 14.0 Å². The third kappa shape index (κ3) is 4.26. The molecular weight excluding hydrogens is 308 g/mol. The number of aryl methyl sites for hydroxylation is 1. The van der Waals surface area contributed by atoms with Gasteiger partial charge in [-0.2, -0.15) is 0 Å². The van der Waals surface area contributed by atoms with E-state index in [1.165, 1.54) is 0 Å². The minimum absolute atomic E-state index is 0.168. The first-order chi connectivity index (χ1) is 11.5. The average molecular weight is 330 g/mol. The Morgan fingerprint density at radius 1 is 1.12 bits per heavy atom. The van der Waals surface area contributed by atoms with Gasteiger partial charge in [0, 0.05) is 23.5 Å². The molecule has 0 fully saturated rings. The van der Waals surface area contributed by atoms with E-state index < -0.39 is 5.97 Å². The van der Waals surface area contributed by atoms with Gasteiger partial charge in [-0.05, 0) is 25.5 Å². The minimum atomic E-state index is -0.413. The molecule has 5 nitrogen and oxygen atoms in total. The Labute approximate surface area is 141 Å². The lowest BCUT2D eigenvalue weighted by molar-refractivity contribution is -0.139. The SMILES string of the molecule is C=C(C)C(=O)OCCOc1c(C)cc(OCOC)c2ccccc12. The largest absolute Gasteiger partial charge is 0.489 e. The number of ether oxygens (including phenoxy) is 4. The lowest BCUT2D eigenvalue weighted by Crippen LogP contribution is -2.13. The number of methoxy groups -OCH3 is 1. The van der Waals surface area contributed by atoms with Gasteiger partial charge in [-0.25, -0.2) is 4.79 Å². The second-order valence-corrected chi connectivity index (χ2v) is 5.38. The summed E-state index contributed by atoms with van der Waals surface area (Å²) in [6, 6.07) is 9.73. The van der Waals surface area contributed by atoms with Crippen molar-refractivity contribution in [1.29, 1.82) is 0 Å². The lowest BCUT2D eigenvalue weighted by atomic mass is 10.0. The van der Waals surface area contributed by atoms with Crippen LogP contribution in [0.5, 0.6) is 11.5 Å². The summed E-state index contributed by atoms with van der Waals surface area (Å²) in [4.78, 5) is 11.4. The van der Waals surface area contributed by atoms with E-state index in [2.05, 4.69) is 6.58 Å². The van der Waals surface area contributed by atoms with Gasteiger partial charge < -0.3 is 18.9 Å². The molecule has 2 aromatic carbocycles. The molecule has 2 rings (SSSR count). The van der Waals surface area contributed by atoms with Crippen molar-refractivity contribution in [3.8, 4) is 11.5 Å². The Morgan fingerprint density at radius 3 is 2.50 bits per heavy atom. The number of carbonyl (C=O) groups excluding carboxylic acids is 1. The minimum Gasteiger partial charge on any atom is -0.489 e. The highest BCUT2D eigenvalue weighted by Gasteiger charge is 2.12. The number of hydrogen-bond acceptors (Lipinski definition) is 5. The molecule has 0 atom stereocenters. The van der Waals surface area contributed by atoms with Gasteiger partial charge in [0.15, 0.2) is 6.79 Å². The van der Waals surface area contributed by atoms with Crippen LogP contribution in [0.4, 0.5) is 0 Å². The van der Waals surface area contributed by atoms with Gasteiger partial charge in [0.2, 0.25) is 0 Å². The molecule has 0 aliphatic heterocycles. The predicted molar refractivity (Wildman–Crippen MR) is 92.5 cm³/mol. The molecule has 0 radical (unpaired) electrons. The molecule has 0 heterocycles. The van der Waals surface area contributed by atoms with Crippen molar-refractivity contribution in [1.82, 2.24) is 0 Å². The van der Waals surface area contributed by atoms with Crippen molar-refractivity contribution in [2.75, 3.05) is 27.1 Å². The highest BCUT2D eigenvalue weighted by atomic mass is 16.7. The molecule has 128 valence electrons.